The van der Waals surface area contributed by atoms with Gasteiger partial charge in [0.2, 0.25) is 0 Å². The van der Waals surface area contributed by atoms with Gasteiger partial charge in [-0.2, -0.15) is 0 Å². The molecule has 0 aliphatic carbocycles. The van der Waals surface area contributed by atoms with Gasteiger partial charge in [-0.15, -0.1) is 23.5 Å². The second-order valence-electron chi connectivity index (χ2n) is 3.50. The first-order chi connectivity index (χ1) is 7.86. The van der Waals surface area contributed by atoms with E-state index in [0.29, 0.717) is 4.58 Å². The standard InChI is InChI=1S/C12H16O2S2/c1-13-9-5-3-6-10(14-2)11(9)12-15-7-4-8-16-12/h3,5-6,12H,4,7-8H2,1-2H3. The fourth-order valence-electron chi connectivity index (χ4n) is 1.77. The van der Waals surface area contributed by atoms with E-state index in [1.165, 1.54) is 23.5 Å². The van der Waals surface area contributed by atoms with Crippen molar-refractivity contribution in [3.8, 4) is 11.5 Å². The van der Waals surface area contributed by atoms with Crippen molar-refractivity contribution in [3.05, 3.63) is 23.8 Å². The third-order valence-electron chi connectivity index (χ3n) is 2.53. The van der Waals surface area contributed by atoms with Crippen LogP contribution in [0.3, 0.4) is 0 Å². The first kappa shape index (κ1) is 12.0. The van der Waals surface area contributed by atoms with Crippen molar-refractivity contribution >= 4 is 23.5 Å². The Balaban J connectivity index is 2.34. The molecule has 1 aliphatic heterocycles. The molecule has 0 atom stereocenters. The monoisotopic (exact) mass is 256 g/mol. The molecule has 2 nitrogen and oxygen atoms in total. The molecule has 4 heteroatoms. The second-order valence-corrected chi connectivity index (χ2v) is 6.23. The van der Waals surface area contributed by atoms with Gasteiger partial charge >= 0.3 is 0 Å². The van der Waals surface area contributed by atoms with Crippen LogP contribution in [0.1, 0.15) is 16.6 Å². The third-order valence-corrected chi connectivity index (χ3v) is 5.47. The Bertz CT molecular complexity index is 327. The van der Waals surface area contributed by atoms with Crippen molar-refractivity contribution in [1.82, 2.24) is 0 Å². The Labute approximate surface area is 105 Å². The smallest absolute Gasteiger partial charge is 0.127 e. The van der Waals surface area contributed by atoms with E-state index in [1.54, 1.807) is 14.2 Å². The SMILES string of the molecule is COc1cccc(OC)c1C1SCCCS1. The summed E-state index contributed by atoms with van der Waals surface area (Å²) in [5.41, 5.74) is 1.20. The molecule has 0 bridgehead atoms. The molecule has 1 aliphatic rings. The zero-order valence-corrected chi connectivity index (χ0v) is 11.2. The van der Waals surface area contributed by atoms with Gasteiger partial charge in [-0.25, -0.2) is 0 Å². The van der Waals surface area contributed by atoms with Gasteiger partial charge in [0.25, 0.3) is 0 Å². The van der Waals surface area contributed by atoms with Crippen LogP contribution in [0.5, 0.6) is 11.5 Å². The average Bonchev–Trinajstić information content (AvgIpc) is 2.38. The van der Waals surface area contributed by atoms with Gasteiger partial charge in [0, 0.05) is 0 Å². The summed E-state index contributed by atoms with van der Waals surface area (Å²) < 4.78 is 11.3. The molecule has 2 rings (SSSR count). The normalized spacial score (nSPS) is 17.1. The number of ether oxygens (including phenoxy) is 2. The van der Waals surface area contributed by atoms with E-state index in [1.807, 2.05) is 41.7 Å². The number of methoxy groups -OCH3 is 2. The fourth-order valence-corrected chi connectivity index (χ4v) is 4.76. The zero-order chi connectivity index (χ0) is 11.4. The average molecular weight is 256 g/mol. The molecule has 0 saturated carbocycles. The van der Waals surface area contributed by atoms with E-state index in [2.05, 4.69) is 0 Å². The summed E-state index contributed by atoms with van der Waals surface area (Å²) in [5, 5.41) is 0. The summed E-state index contributed by atoms with van der Waals surface area (Å²) in [4.78, 5) is 0. The Morgan fingerprint density at radius 2 is 1.62 bits per heavy atom. The maximum atomic E-state index is 5.43. The lowest BCUT2D eigenvalue weighted by Gasteiger charge is -2.24. The van der Waals surface area contributed by atoms with Crippen molar-refractivity contribution in [2.24, 2.45) is 0 Å². The van der Waals surface area contributed by atoms with Crippen LogP contribution in [-0.2, 0) is 0 Å². The van der Waals surface area contributed by atoms with E-state index < -0.39 is 0 Å². The molecule has 0 amide bonds. The van der Waals surface area contributed by atoms with Gasteiger partial charge in [-0.05, 0) is 30.1 Å². The molecule has 16 heavy (non-hydrogen) atoms. The summed E-state index contributed by atoms with van der Waals surface area (Å²) in [6.07, 6.45) is 1.29. The molecule has 0 aromatic heterocycles. The molecular weight excluding hydrogens is 240 g/mol. The van der Waals surface area contributed by atoms with E-state index in [0.717, 1.165) is 11.5 Å². The van der Waals surface area contributed by atoms with Crippen molar-refractivity contribution in [3.63, 3.8) is 0 Å². The third kappa shape index (κ3) is 2.43. The van der Waals surface area contributed by atoms with Crippen LogP contribution in [0.2, 0.25) is 0 Å². The van der Waals surface area contributed by atoms with Crippen molar-refractivity contribution in [1.29, 1.82) is 0 Å². The lowest BCUT2D eigenvalue weighted by Crippen LogP contribution is -2.04. The first-order valence-corrected chi connectivity index (χ1v) is 7.40. The quantitative estimate of drug-likeness (QED) is 0.822. The van der Waals surface area contributed by atoms with Gasteiger partial charge in [0.1, 0.15) is 11.5 Å². The van der Waals surface area contributed by atoms with Crippen LogP contribution >= 0.6 is 23.5 Å². The second kappa shape index (κ2) is 5.73. The summed E-state index contributed by atoms with van der Waals surface area (Å²) in [6.45, 7) is 0. The van der Waals surface area contributed by atoms with E-state index in [-0.39, 0.29) is 0 Å². The summed E-state index contributed by atoms with van der Waals surface area (Å²) in [5.74, 6) is 4.31. The number of benzene rings is 1. The molecule has 0 unspecified atom stereocenters. The largest absolute Gasteiger partial charge is 0.496 e. The molecule has 1 aromatic rings. The van der Waals surface area contributed by atoms with Gasteiger partial charge in [0.05, 0.1) is 24.4 Å². The Morgan fingerprint density at radius 3 is 2.12 bits per heavy atom. The van der Waals surface area contributed by atoms with Crippen LogP contribution in [0.4, 0.5) is 0 Å². The first-order valence-electron chi connectivity index (χ1n) is 5.31. The van der Waals surface area contributed by atoms with Crippen molar-refractivity contribution < 1.29 is 9.47 Å². The minimum absolute atomic E-state index is 0.444. The van der Waals surface area contributed by atoms with Gasteiger partial charge in [0.15, 0.2) is 0 Å². The van der Waals surface area contributed by atoms with E-state index >= 15 is 0 Å². The lowest BCUT2D eigenvalue weighted by atomic mass is 10.2. The van der Waals surface area contributed by atoms with Crippen LogP contribution in [0.25, 0.3) is 0 Å². The minimum atomic E-state index is 0.444. The minimum Gasteiger partial charge on any atom is -0.496 e. The highest BCUT2D eigenvalue weighted by Crippen LogP contribution is 2.50. The molecule has 88 valence electrons. The van der Waals surface area contributed by atoms with E-state index in [9.17, 15) is 0 Å². The number of hydrogen-bond acceptors (Lipinski definition) is 4. The van der Waals surface area contributed by atoms with Crippen molar-refractivity contribution in [2.75, 3.05) is 25.7 Å². The predicted molar refractivity (Wildman–Crippen MR) is 71.8 cm³/mol. The maximum Gasteiger partial charge on any atom is 0.127 e. The summed E-state index contributed by atoms with van der Waals surface area (Å²) in [6, 6.07) is 5.99. The van der Waals surface area contributed by atoms with Gasteiger partial charge in [-0.3, -0.25) is 0 Å². The van der Waals surface area contributed by atoms with Gasteiger partial charge in [-0.1, -0.05) is 6.07 Å². The molecule has 0 radical (unpaired) electrons. The number of thioether (sulfide) groups is 2. The Hall–Kier alpha value is -0.480. The number of rotatable bonds is 3. The summed E-state index contributed by atoms with van der Waals surface area (Å²) >= 11 is 3.96. The van der Waals surface area contributed by atoms with Crippen LogP contribution in [-0.4, -0.2) is 25.7 Å². The Morgan fingerprint density at radius 1 is 1.06 bits per heavy atom. The fraction of sp³-hybridized carbons (Fsp3) is 0.500. The molecule has 0 N–H and O–H groups in total. The highest BCUT2D eigenvalue weighted by atomic mass is 32.2. The topological polar surface area (TPSA) is 18.5 Å². The lowest BCUT2D eigenvalue weighted by molar-refractivity contribution is 0.388. The molecule has 1 aromatic carbocycles. The number of hydrogen-bond donors (Lipinski definition) is 0. The molecular formula is C12H16O2S2. The maximum absolute atomic E-state index is 5.43. The van der Waals surface area contributed by atoms with Gasteiger partial charge < -0.3 is 9.47 Å². The van der Waals surface area contributed by atoms with E-state index in [4.69, 9.17) is 9.47 Å². The molecule has 1 heterocycles. The highest BCUT2D eigenvalue weighted by molar-refractivity contribution is 8.16. The Kier molecular flexibility index (Phi) is 4.29. The molecule has 1 saturated heterocycles. The van der Waals surface area contributed by atoms with Crippen LogP contribution in [0, 0.1) is 0 Å². The van der Waals surface area contributed by atoms with Crippen LogP contribution in [0.15, 0.2) is 18.2 Å². The molecule has 1 fully saturated rings. The highest BCUT2D eigenvalue weighted by Gasteiger charge is 2.23. The zero-order valence-electron chi connectivity index (χ0n) is 9.56. The summed E-state index contributed by atoms with van der Waals surface area (Å²) in [7, 11) is 3.44. The molecule has 0 spiro atoms. The van der Waals surface area contributed by atoms with Crippen molar-refractivity contribution in [2.45, 2.75) is 11.0 Å². The van der Waals surface area contributed by atoms with Crippen LogP contribution < -0.4 is 9.47 Å². The predicted octanol–water partition coefficient (Wildman–Crippen LogP) is 3.57.